The number of aromatic nitrogens is 1. The smallest absolute Gasteiger partial charge is 0.0346 e. The van der Waals surface area contributed by atoms with Crippen molar-refractivity contribution in [2.24, 2.45) is 0 Å². The highest BCUT2D eigenvalue weighted by atomic mass is 14.6. The molecule has 1 aromatic heterocycles. The van der Waals surface area contributed by atoms with Crippen LogP contribution in [0.25, 0.3) is 10.8 Å². The van der Waals surface area contributed by atoms with E-state index in [9.17, 15) is 0 Å². The number of hydrogen-bond acceptors (Lipinski definition) is 1. The maximum Gasteiger partial charge on any atom is 0.0346 e. The van der Waals surface area contributed by atoms with Gasteiger partial charge in [0.2, 0.25) is 0 Å². The van der Waals surface area contributed by atoms with Crippen molar-refractivity contribution in [3.05, 3.63) is 42.7 Å². The number of rotatable bonds is 0. The molecule has 0 saturated heterocycles. The van der Waals surface area contributed by atoms with Gasteiger partial charge in [-0.15, -0.1) is 0 Å². The third-order valence-electron chi connectivity index (χ3n) is 1.55. The minimum atomic E-state index is 0. The molecule has 0 N–H and O–H groups in total. The Morgan fingerprint density at radius 2 is 1.80 bits per heavy atom. The van der Waals surface area contributed by atoms with Gasteiger partial charge in [0.05, 0.1) is 0 Å². The standard InChI is InChI=1S/C9H7N.8H2/c1-2-4-9-7-10-6-5-8(9)3-1;;;;;;;;/h1-7H;8*1H. The number of benzene rings is 1. The van der Waals surface area contributed by atoms with Crippen LogP contribution in [0.1, 0.15) is 11.4 Å². The number of hydrogen-bond donors (Lipinski definition) is 0. The molecule has 64 valence electrons. The second-order valence-electron chi connectivity index (χ2n) is 2.22. The topological polar surface area (TPSA) is 12.9 Å². The fraction of sp³-hybridized carbons (Fsp3) is 0. The highest BCUT2D eigenvalue weighted by molar-refractivity contribution is 5.80. The van der Waals surface area contributed by atoms with Gasteiger partial charge in [-0.3, -0.25) is 4.98 Å². The van der Waals surface area contributed by atoms with Crippen molar-refractivity contribution in [2.45, 2.75) is 0 Å². The van der Waals surface area contributed by atoms with Crippen molar-refractivity contribution in [3.63, 3.8) is 0 Å². The molecular formula is C9H23N. The van der Waals surface area contributed by atoms with E-state index < -0.39 is 0 Å². The van der Waals surface area contributed by atoms with Crippen LogP contribution in [0.2, 0.25) is 0 Å². The highest BCUT2D eigenvalue weighted by Gasteiger charge is 1.86. The number of nitrogens with zero attached hydrogens (tertiary/aromatic N) is 1. The maximum absolute atomic E-state index is 4.01. The molecule has 0 saturated carbocycles. The lowest BCUT2D eigenvalue weighted by Crippen LogP contribution is -1.71. The van der Waals surface area contributed by atoms with Crippen molar-refractivity contribution < 1.29 is 11.4 Å². The fourth-order valence-corrected chi connectivity index (χ4v) is 1.03. The molecule has 0 fully saturated rings. The lowest BCUT2D eigenvalue weighted by atomic mass is 10.2. The Kier molecular flexibility index (Phi) is 1.14. The van der Waals surface area contributed by atoms with Gasteiger partial charge in [0.25, 0.3) is 0 Å². The van der Waals surface area contributed by atoms with E-state index in [1.165, 1.54) is 10.8 Å². The lowest BCUT2D eigenvalue weighted by molar-refractivity contribution is 1.36. The Labute approximate surface area is 71.2 Å². The van der Waals surface area contributed by atoms with Gasteiger partial charge in [-0.2, -0.15) is 0 Å². The summed E-state index contributed by atoms with van der Waals surface area (Å²) in [4.78, 5) is 4.01. The first-order valence-electron chi connectivity index (χ1n) is 3.25. The Balaban J connectivity index is -0.0000000302. The van der Waals surface area contributed by atoms with Gasteiger partial charge >= 0.3 is 0 Å². The molecule has 2 aromatic rings. The molecule has 0 spiro atoms. The zero-order valence-corrected chi connectivity index (χ0v) is 5.49. The van der Waals surface area contributed by atoms with E-state index in [1.807, 2.05) is 30.6 Å². The van der Waals surface area contributed by atoms with Crippen LogP contribution >= 0.6 is 0 Å². The summed E-state index contributed by atoms with van der Waals surface area (Å²) in [5.74, 6) is 0. The third-order valence-corrected chi connectivity index (χ3v) is 1.55. The lowest BCUT2D eigenvalue weighted by Gasteiger charge is -1.91. The summed E-state index contributed by atoms with van der Waals surface area (Å²) in [6, 6.07) is 10.2. The first-order chi connectivity index (χ1) is 4.97. The van der Waals surface area contributed by atoms with Gasteiger partial charge in [-0.25, -0.2) is 0 Å². The van der Waals surface area contributed by atoms with Crippen molar-refractivity contribution >= 4 is 10.8 Å². The van der Waals surface area contributed by atoms with Gasteiger partial charge in [0.1, 0.15) is 0 Å². The normalized spacial score (nSPS) is 10.0. The van der Waals surface area contributed by atoms with E-state index in [2.05, 4.69) is 17.1 Å². The molecule has 0 aliphatic rings. The average molecular weight is 145 g/mol. The van der Waals surface area contributed by atoms with Crippen molar-refractivity contribution in [2.75, 3.05) is 0 Å². The molecule has 10 heavy (non-hydrogen) atoms. The SMILES string of the molecule is [HH].[HH].[HH].[HH].[HH].[HH].[HH].[HH].c1ccc2cnccc2c1. The summed E-state index contributed by atoms with van der Waals surface area (Å²) >= 11 is 0. The Morgan fingerprint density at radius 1 is 1.00 bits per heavy atom. The highest BCUT2D eigenvalue weighted by Crippen LogP contribution is 2.09. The third kappa shape index (κ3) is 0.760. The van der Waals surface area contributed by atoms with E-state index >= 15 is 0 Å². The van der Waals surface area contributed by atoms with Crippen molar-refractivity contribution in [3.8, 4) is 0 Å². The predicted molar refractivity (Wildman–Crippen MR) is 58.7 cm³/mol. The minimum absolute atomic E-state index is 0. The summed E-state index contributed by atoms with van der Waals surface area (Å²) in [5, 5.41) is 2.45. The quantitative estimate of drug-likeness (QED) is 0.541. The van der Waals surface area contributed by atoms with Gasteiger partial charge in [-0.1, -0.05) is 24.3 Å². The van der Waals surface area contributed by atoms with Crippen molar-refractivity contribution in [1.82, 2.24) is 4.98 Å². The summed E-state index contributed by atoms with van der Waals surface area (Å²) in [7, 11) is 0. The molecule has 1 aromatic carbocycles. The first-order valence-corrected chi connectivity index (χ1v) is 3.25. The van der Waals surface area contributed by atoms with Crippen LogP contribution in [0.15, 0.2) is 42.7 Å². The molecule has 0 atom stereocenters. The summed E-state index contributed by atoms with van der Waals surface area (Å²) in [5.41, 5.74) is 0. The first kappa shape index (κ1) is 5.42. The monoisotopic (exact) mass is 145 g/mol. The van der Waals surface area contributed by atoms with Crippen LogP contribution in [0, 0.1) is 0 Å². The Hall–Kier alpha value is -1.37. The molecule has 0 aliphatic heterocycles. The van der Waals surface area contributed by atoms with Crippen LogP contribution in [0.5, 0.6) is 0 Å². The van der Waals surface area contributed by atoms with Gasteiger partial charge in [-0.05, 0) is 16.8 Å². The molecular weight excluding hydrogens is 122 g/mol. The molecule has 0 bridgehead atoms. The number of pyridine rings is 1. The predicted octanol–water partition coefficient (Wildman–Crippen LogP) is 4.20. The van der Waals surface area contributed by atoms with E-state index in [1.54, 1.807) is 0 Å². The van der Waals surface area contributed by atoms with E-state index in [-0.39, 0.29) is 11.4 Å². The van der Waals surface area contributed by atoms with Crippen molar-refractivity contribution in [1.29, 1.82) is 0 Å². The second kappa shape index (κ2) is 2.10. The zero-order chi connectivity index (χ0) is 6.81. The van der Waals surface area contributed by atoms with Crippen LogP contribution in [0.3, 0.4) is 0 Å². The molecule has 1 heterocycles. The average Bonchev–Trinajstić information content (AvgIpc) is 2.05. The molecule has 0 radical (unpaired) electrons. The zero-order valence-electron chi connectivity index (χ0n) is 5.49. The summed E-state index contributed by atoms with van der Waals surface area (Å²) in [6.45, 7) is 0. The van der Waals surface area contributed by atoms with Crippen LogP contribution < -0.4 is 0 Å². The van der Waals surface area contributed by atoms with Crippen LogP contribution in [0.4, 0.5) is 0 Å². The van der Waals surface area contributed by atoms with Crippen LogP contribution in [-0.4, -0.2) is 4.98 Å². The summed E-state index contributed by atoms with van der Waals surface area (Å²) in [6.07, 6.45) is 3.68. The Morgan fingerprint density at radius 3 is 2.60 bits per heavy atom. The number of fused-ring (bicyclic) bond motifs is 1. The summed E-state index contributed by atoms with van der Waals surface area (Å²) < 4.78 is 0. The largest absolute Gasteiger partial charge is 0.264 e. The molecule has 0 amide bonds. The van der Waals surface area contributed by atoms with Gasteiger partial charge in [0, 0.05) is 23.8 Å². The minimum Gasteiger partial charge on any atom is -0.264 e. The molecule has 0 unspecified atom stereocenters. The maximum atomic E-state index is 4.01. The van der Waals surface area contributed by atoms with Gasteiger partial charge in [0.15, 0.2) is 0 Å². The molecule has 0 aliphatic carbocycles. The fourth-order valence-electron chi connectivity index (χ4n) is 1.03. The second-order valence-corrected chi connectivity index (χ2v) is 2.22. The van der Waals surface area contributed by atoms with E-state index in [0.29, 0.717) is 0 Å². The molecule has 2 rings (SSSR count). The van der Waals surface area contributed by atoms with Crippen LogP contribution in [-0.2, 0) is 0 Å². The molecule has 1 nitrogen and oxygen atoms in total. The van der Waals surface area contributed by atoms with Gasteiger partial charge < -0.3 is 0 Å². The van der Waals surface area contributed by atoms with E-state index in [0.717, 1.165) is 0 Å². The molecule has 1 heteroatoms. The Bertz CT molecular complexity index is 294. The van der Waals surface area contributed by atoms with E-state index in [4.69, 9.17) is 0 Å².